The molecule has 0 aromatic carbocycles. The Balaban J connectivity index is 1.74. The van der Waals surface area contributed by atoms with Crippen LogP contribution in [0.1, 0.15) is 38.6 Å². The van der Waals surface area contributed by atoms with Crippen LogP contribution in [-0.2, 0) is 9.53 Å². The van der Waals surface area contributed by atoms with Gasteiger partial charge in [-0.25, -0.2) is 9.78 Å². The third kappa shape index (κ3) is 1.76. The molecule has 1 aromatic heterocycles. The number of hydrogen-bond donors (Lipinski definition) is 1. The van der Waals surface area contributed by atoms with Crippen LogP contribution in [-0.4, -0.2) is 34.1 Å². The summed E-state index contributed by atoms with van der Waals surface area (Å²) in [6.07, 6.45) is 8.49. The van der Waals surface area contributed by atoms with E-state index in [1.807, 2.05) is 11.2 Å². The number of anilines is 1. The number of aromatic nitrogens is 2. The molecule has 112 valence electrons. The first kappa shape index (κ1) is 12.7. The lowest BCUT2D eigenvalue weighted by molar-refractivity contribution is -0.135. The molecule has 1 aromatic rings. The zero-order chi connectivity index (χ0) is 14.4. The van der Waals surface area contributed by atoms with Crippen molar-refractivity contribution in [3.63, 3.8) is 0 Å². The summed E-state index contributed by atoms with van der Waals surface area (Å²) < 4.78 is 7.32. The number of ether oxygens (including phenoxy) is 1. The van der Waals surface area contributed by atoms with Crippen LogP contribution in [0.5, 0.6) is 0 Å². The maximum atomic E-state index is 12.1. The molecule has 1 aliphatic carbocycles. The zero-order valence-electron chi connectivity index (χ0n) is 12.0. The smallest absolute Gasteiger partial charge is 0.376 e. The van der Waals surface area contributed by atoms with Crippen LogP contribution >= 0.6 is 0 Å². The summed E-state index contributed by atoms with van der Waals surface area (Å²) in [5, 5.41) is 4.25. The summed E-state index contributed by atoms with van der Waals surface area (Å²) >= 11 is 0. The summed E-state index contributed by atoms with van der Waals surface area (Å²) in [4.78, 5) is 18.4. The van der Waals surface area contributed by atoms with Gasteiger partial charge in [0.05, 0.1) is 19.1 Å². The Labute approximate surface area is 123 Å². The summed E-state index contributed by atoms with van der Waals surface area (Å²) in [7, 11) is 0. The van der Waals surface area contributed by atoms with Crippen LogP contribution in [0.2, 0.25) is 0 Å². The molecule has 0 saturated heterocycles. The number of nitrogens with one attached hydrogen (secondary N) is 1. The molecule has 7 nitrogen and oxygen atoms in total. The normalized spacial score (nSPS) is 29.9. The molecule has 4 rings (SSSR count). The lowest BCUT2D eigenvalue weighted by Crippen LogP contribution is -2.54. The van der Waals surface area contributed by atoms with Crippen LogP contribution in [0.15, 0.2) is 17.6 Å². The van der Waals surface area contributed by atoms with E-state index >= 15 is 0 Å². The van der Waals surface area contributed by atoms with E-state index in [1.165, 1.54) is 12.8 Å². The molecule has 0 amide bonds. The molecule has 1 saturated carbocycles. The molecule has 2 aliphatic heterocycles. The average Bonchev–Trinajstić information content (AvgIpc) is 3.14. The Morgan fingerprint density at radius 3 is 3.19 bits per heavy atom. The molecular weight excluding hydrogens is 270 g/mol. The van der Waals surface area contributed by atoms with Gasteiger partial charge in [0, 0.05) is 12.0 Å². The van der Waals surface area contributed by atoms with Crippen molar-refractivity contribution in [2.45, 2.75) is 44.8 Å². The van der Waals surface area contributed by atoms with Gasteiger partial charge in [-0.1, -0.05) is 12.8 Å². The first-order chi connectivity index (χ1) is 10.3. The number of carbonyl (C=O) groups excluding carboxylic acids is 1. The second-order valence-electron chi connectivity index (χ2n) is 5.77. The highest BCUT2D eigenvalue weighted by atomic mass is 16.5. The molecule has 0 bridgehead atoms. The molecular formula is C14H19N5O2. The van der Waals surface area contributed by atoms with Crippen LogP contribution < -0.4 is 10.3 Å². The fraction of sp³-hybridized carbons (Fsp3) is 0.643. The minimum atomic E-state index is -0.380. The molecule has 7 heteroatoms. The van der Waals surface area contributed by atoms with Gasteiger partial charge in [0.25, 0.3) is 0 Å². The monoisotopic (exact) mass is 289 g/mol. The van der Waals surface area contributed by atoms with Crippen molar-refractivity contribution >= 4 is 17.6 Å². The topological polar surface area (TPSA) is 71.7 Å². The average molecular weight is 289 g/mol. The molecule has 0 spiro atoms. The van der Waals surface area contributed by atoms with Gasteiger partial charge in [-0.05, 0) is 19.8 Å². The van der Waals surface area contributed by atoms with E-state index < -0.39 is 0 Å². The molecule has 1 N–H and O–H groups in total. The molecule has 1 fully saturated rings. The first-order valence-electron chi connectivity index (χ1n) is 7.62. The molecule has 0 radical (unpaired) electrons. The van der Waals surface area contributed by atoms with Gasteiger partial charge in [-0.15, -0.1) is 0 Å². The fourth-order valence-corrected chi connectivity index (χ4v) is 3.84. The third-order valence-electron chi connectivity index (χ3n) is 4.70. The van der Waals surface area contributed by atoms with Crippen molar-refractivity contribution < 1.29 is 9.53 Å². The second-order valence-corrected chi connectivity index (χ2v) is 5.77. The summed E-state index contributed by atoms with van der Waals surface area (Å²) in [6, 6.07) is 0.446. The highest BCUT2D eigenvalue weighted by molar-refractivity contribution is 6.41. The van der Waals surface area contributed by atoms with E-state index in [2.05, 4.69) is 20.1 Å². The van der Waals surface area contributed by atoms with Crippen LogP contribution in [0.4, 0.5) is 5.82 Å². The Hall–Kier alpha value is -2.05. The molecule has 21 heavy (non-hydrogen) atoms. The van der Waals surface area contributed by atoms with Crippen molar-refractivity contribution in [1.82, 2.24) is 15.0 Å². The molecule has 3 unspecified atom stereocenters. The standard InChI is InChI=1S/C14H19N5O2/c1-2-21-14(20)13-17-16-12-9-5-3-4-6-10(9)18-8-15-7-11(18)19(12)13/h7-10,12,16H,2-6H2,1H3. The van der Waals surface area contributed by atoms with E-state index in [0.29, 0.717) is 24.4 Å². The number of hydrazone groups is 1. The number of amidine groups is 1. The Bertz CT molecular complexity index is 596. The summed E-state index contributed by atoms with van der Waals surface area (Å²) in [6.45, 7) is 2.15. The minimum Gasteiger partial charge on any atom is -0.460 e. The summed E-state index contributed by atoms with van der Waals surface area (Å²) in [5.74, 6) is 1.33. The van der Waals surface area contributed by atoms with Crippen LogP contribution in [0.25, 0.3) is 0 Å². The van der Waals surface area contributed by atoms with Crippen LogP contribution in [0.3, 0.4) is 0 Å². The lowest BCUT2D eigenvalue weighted by Gasteiger charge is -2.45. The van der Waals surface area contributed by atoms with Crippen molar-refractivity contribution in [3.05, 3.63) is 12.5 Å². The van der Waals surface area contributed by atoms with Crippen LogP contribution in [0, 0.1) is 5.92 Å². The van der Waals surface area contributed by atoms with E-state index in [4.69, 9.17) is 4.74 Å². The number of carbonyl (C=O) groups is 1. The van der Waals surface area contributed by atoms with Crippen molar-refractivity contribution in [3.8, 4) is 0 Å². The van der Waals surface area contributed by atoms with Gasteiger partial charge in [-0.2, -0.15) is 5.10 Å². The first-order valence-corrected chi connectivity index (χ1v) is 7.62. The fourth-order valence-electron chi connectivity index (χ4n) is 3.84. The van der Waals surface area contributed by atoms with Gasteiger partial charge in [0.2, 0.25) is 5.84 Å². The molecule has 3 heterocycles. The Morgan fingerprint density at radius 2 is 2.33 bits per heavy atom. The van der Waals surface area contributed by atoms with Gasteiger partial charge < -0.3 is 9.30 Å². The van der Waals surface area contributed by atoms with E-state index in [9.17, 15) is 4.79 Å². The predicted molar refractivity (Wildman–Crippen MR) is 76.7 cm³/mol. The van der Waals surface area contributed by atoms with Gasteiger partial charge in [-0.3, -0.25) is 10.3 Å². The quantitative estimate of drug-likeness (QED) is 0.829. The molecule has 3 atom stereocenters. The van der Waals surface area contributed by atoms with Gasteiger partial charge in [0.1, 0.15) is 12.0 Å². The summed E-state index contributed by atoms with van der Waals surface area (Å²) in [5.41, 5.74) is 3.15. The zero-order valence-corrected chi connectivity index (χ0v) is 12.0. The van der Waals surface area contributed by atoms with Crippen molar-refractivity contribution in [2.24, 2.45) is 11.0 Å². The van der Waals surface area contributed by atoms with E-state index in [1.54, 1.807) is 13.1 Å². The largest absolute Gasteiger partial charge is 0.460 e. The SMILES string of the molecule is CCOC(=O)C1=NNC2C3CCCCC3n3cncc3N12. The Morgan fingerprint density at radius 1 is 1.48 bits per heavy atom. The van der Waals surface area contributed by atoms with Crippen molar-refractivity contribution in [1.29, 1.82) is 0 Å². The van der Waals surface area contributed by atoms with Gasteiger partial charge >= 0.3 is 5.97 Å². The molecule has 3 aliphatic rings. The maximum absolute atomic E-state index is 12.1. The number of imidazole rings is 1. The van der Waals surface area contributed by atoms with E-state index in [-0.39, 0.29) is 12.1 Å². The van der Waals surface area contributed by atoms with Crippen molar-refractivity contribution in [2.75, 3.05) is 11.5 Å². The number of nitrogens with zero attached hydrogens (tertiary/aromatic N) is 4. The third-order valence-corrected chi connectivity index (χ3v) is 4.70. The minimum absolute atomic E-state index is 0.0407. The maximum Gasteiger partial charge on any atom is 0.376 e. The van der Waals surface area contributed by atoms with Gasteiger partial charge in [0.15, 0.2) is 0 Å². The number of fused-ring (bicyclic) bond motifs is 6. The lowest BCUT2D eigenvalue weighted by atomic mass is 9.80. The number of esters is 1. The predicted octanol–water partition coefficient (Wildman–Crippen LogP) is 1.24. The number of rotatable bonds is 2. The van der Waals surface area contributed by atoms with E-state index in [0.717, 1.165) is 18.7 Å². The highest BCUT2D eigenvalue weighted by Crippen LogP contribution is 2.44. The number of hydrogen-bond acceptors (Lipinski definition) is 6. The second kappa shape index (κ2) is 4.75. The highest BCUT2D eigenvalue weighted by Gasteiger charge is 2.48. The Kier molecular flexibility index (Phi) is 2.87.